The van der Waals surface area contributed by atoms with Crippen molar-refractivity contribution >= 4 is 27.5 Å². The highest BCUT2D eigenvalue weighted by Crippen LogP contribution is 2.31. The van der Waals surface area contributed by atoms with E-state index in [1.54, 1.807) is 12.1 Å². The lowest BCUT2D eigenvalue weighted by molar-refractivity contribution is -0.114. The van der Waals surface area contributed by atoms with Gasteiger partial charge in [-0.15, -0.1) is 0 Å². The fraction of sp³-hybridized carbons (Fsp3) is 0.300. The molecular formula is C10H12BrNO3. The van der Waals surface area contributed by atoms with Gasteiger partial charge in [0.25, 0.3) is 0 Å². The zero-order valence-corrected chi connectivity index (χ0v) is 10.1. The highest BCUT2D eigenvalue weighted by atomic mass is 79.9. The first-order chi connectivity index (χ1) is 7.08. The summed E-state index contributed by atoms with van der Waals surface area (Å²) in [5.74, 6) is 0.388. The normalized spacial score (nSPS) is 9.87. The number of methoxy groups -OCH3 is 1. The largest absolute Gasteiger partial charge is 0.496 e. The Morgan fingerprint density at radius 3 is 2.73 bits per heavy atom. The van der Waals surface area contributed by atoms with Gasteiger partial charge < -0.3 is 15.2 Å². The first kappa shape index (κ1) is 12.0. The van der Waals surface area contributed by atoms with Gasteiger partial charge in [0, 0.05) is 23.0 Å². The molecule has 0 bridgehead atoms. The minimum absolute atomic E-state index is 0.109. The smallest absolute Gasteiger partial charge is 0.221 e. The summed E-state index contributed by atoms with van der Waals surface area (Å²) in [7, 11) is 1.51. The molecule has 0 spiro atoms. The summed E-state index contributed by atoms with van der Waals surface area (Å²) >= 11 is 3.30. The number of anilines is 1. The number of carbonyl (C=O) groups excluding carboxylic acids is 1. The fourth-order valence-electron chi connectivity index (χ4n) is 1.19. The van der Waals surface area contributed by atoms with Crippen LogP contribution in [0.5, 0.6) is 5.75 Å². The van der Waals surface area contributed by atoms with Crippen molar-refractivity contribution in [2.24, 2.45) is 0 Å². The third-order valence-corrected chi connectivity index (χ3v) is 2.51. The topological polar surface area (TPSA) is 58.6 Å². The van der Waals surface area contributed by atoms with Crippen molar-refractivity contribution in [3.05, 3.63) is 22.2 Å². The van der Waals surface area contributed by atoms with Gasteiger partial charge >= 0.3 is 0 Å². The van der Waals surface area contributed by atoms with Crippen LogP contribution in [0.15, 0.2) is 16.6 Å². The second-order valence-electron chi connectivity index (χ2n) is 2.98. The third-order valence-electron chi connectivity index (χ3n) is 1.85. The minimum atomic E-state index is -0.158. The van der Waals surface area contributed by atoms with Gasteiger partial charge in [-0.25, -0.2) is 0 Å². The molecule has 0 atom stereocenters. The van der Waals surface area contributed by atoms with Gasteiger partial charge in [0.2, 0.25) is 5.91 Å². The molecule has 2 N–H and O–H groups in total. The van der Waals surface area contributed by atoms with Gasteiger partial charge in [0.05, 0.1) is 19.4 Å². The second kappa shape index (κ2) is 5.14. The molecule has 0 saturated carbocycles. The molecule has 0 fully saturated rings. The lowest BCUT2D eigenvalue weighted by Crippen LogP contribution is -2.07. The number of aliphatic hydroxyl groups is 1. The van der Waals surface area contributed by atoms with E-state index < -0.39 is 0 Å². The summed E-state index contributed by atoms with van der Waals surface area (Å²) in [6, 6.07) is 3.38. The lowest BCUT2D eigenvalue weighted by atomic mass is 10.2. The van der Waals surface area contributed by atoms with Gasteiger partial charge in [0.15, 0.2) is 0 Å². The van der Waals surface area contributed by atoms with Crippen molar-refractivity contribution in [3.63, 3.8) is 0 Å². The Labute approximate surface area is 96.4 Å². The first-order valence-corrected chi connectivity index (χ1v) is 5.12. The van der Waals surface area contributed by atoms with Crippen LogP contribution in [0.2, 0.25) is 0 Å². The second-order valence-corrected chi connectivity index (χ2v) is 3.84. The Kier molecular flexibility index (Phi) is 4.11. The first-order valence-electron chi connectivity index (χ1n) is 4.33. The van der Waals surface area contributed by atoms with E-state index >= 15 is 0 Å². The maximum absolute atomic E-state index is 10.9. The zero-order valence-electron chi connectivity index (χ0n) is 8.50. The molecule has 15 heavy (non-hydrogen) atoms. The summed E-state index contributed by atoms with van der Waals surface area (Å²) in [5, 5.41) is 11.7. The number of amides is 1. The Hall–Kier alpha value is -1.07. The summed E-state index contributed by atoms with van der Waals surface area (Å²) in [6.45, 7) is 1.32. The van der Waals surface area contributed by atoms with Crippen molar-refractivity contribution in [2.45, 2.75) is 13.5 Å². The average molecular weight is 274 g/mol. The minimum Gasteiger partial charge on any atom is -0.496 e. The van der Waals surface area contributed by atoms with Gasteiger partial charge in [-0.2, -0.15) is 0 Å². The van der Waals surface area contributed by atoms with Gasteiger partial charge in [-0.3, -0.25) is 4.79 Å². The summed E-state index contributed by atoms with van der Waals surface area (Å²) in [5.41, 5.74) is 1.29. The van der Waals surface area contributed by atoms with Crippen LogP contribution in [-0.4, -0.2) is 18.1 Å². The van der Waals surface area contributed by atoms with Gasteiger partial charge in [-0.1, -0.05) is 0 Å². The van der Waals surface area contributed by atoms with E-state index in [4.69, 9.17) is 9.84 Å². The molecule has 1 amide bonds. The van der Waals surface area contributed by atoms with E-state index in [0.29, 0.717) is 21.5 Å². The van der Waals surface area contributed by atoms with Crippen LogP contribution in [0.1, 0.15) is 12.5 Å². The van der Waals surface area contributed by atoms with E-state index in [1.807, 2.05) is 0 Å². The Morgan fingerprint density at radius 1 is 1.60 bits per heavy atom. The Balaban J connectivity index is 3.13. The van der Waals surface area contributed by atoms with E-state index in [2.05, 4.69) is 21.2 Å². The highest BCUT2D eigenvalue weighted by molar-refractivity contribution is 9.10. The van der Waals surface area contributed by atoms with Crippen LogP contribution in [-0.2, 0) is 11.4 Å². The van der Waals surface area contributed by atoms with Crippen LogP contribution in [0.25, 0.3) is 0 Å². The molecule has 4 nitrogen and oxygen atoms in total. The Bertz CT molecular complexity index is 379. The number of halogens is 1. The zero-order chi connectivity index (χ0) is 11.4. The van der Waals surface area contributed by atoms with Crippen LogP contribution in [0.4, 0.5) is 5.69 Å². The SMILES string of the molecule is COc1cc(NC(C)=O)c(Br)cc1CO. The summed E-state index contributed by atoms with van der Waals surface area (Å²) in [4.78, 5) is 10.9. The molecule has 0 aliphatic rings. The Morgan fingerprint density at radius 2 is 2.27 bits per heavy atom. The molecule has 0 radical (unpaired) electrons. The maximum Gasteiger partial charge on any atom is 0.221 e. The number of nitrogens with one attached hydrogen (secondary N) is 1. The van der Waals surface area contributed by atoms with Crippen molar-refractivity contribution in [3.8, 4) is 5.75 Å². The fourth-order valence-corrected chi connectivity index (χ4v) is 1.68. The summed E-state index contributed by atoms with van der Waals surface area (Å²) < 4.78 is 5.79. The summed E-state index contributed by atoms with van der Waals surface area (Å²) in [6.07, 6.45) is 0. The molecule has 82 valence electrons. The lowest BCUT2D eigenvalue weighted by Gasteiger charge is -2.11. The predicted octanol–water partition coefficient (Wildman–Crippen LogP) is 1.91. The van der Waals surface area contributed by atoms with Crippen molar-refractivity contribution in [2.75, 3.05) is 12.4 Å². The quantitative estimate of drug-likeness (QED) is 0.885. The van der Waals surface area contributed by atoms with E-state index in [1.165, 1.54) is 14.0 Å². The van der Waals surface area contributed by atoms with Crippen LogP contribution < -0.4 is 10.1 Å². The standard InChI is InChI=1S/C10H12BrNO3/c1-6(14)12-9-4-10(15-2)7(5-13)3-8(9)11/h3-4,13H,5H2,1-2H3,(H,12,14). The van der Waals surface area contributed by atoms with Crippen LogP contribution in [0, 0.1) is 0 Å². The molecule has 0 saturated heterocycles. The number of aliphatic hydroxyl groups excluding tert-OH is 1. The number of hydrogen-bond donors (Lipinski definition) is 2. The van der Waals surface area contributed by atoms with Crippen molar-refractivity contribution in [1.82, 2.24) is 0 Å². The molecule has 1 aromatic rings. The molecule has 1 aromatic carbocycles. The molecule has 0 heterocycles. The van der Waals surface area contributed by atoms with Crippen molar-refractivity contribution in [1.29, 1.82) is 0 Å². The molecule has 0 aliphatic heterocycles. The van der Waals surface area contributed by atoms with E-state index in [0.717, 1.165) is 0 Å². The van der Waals surface area contributed by atoms with Crippen LogP contribution >= 0.6 is 15.9 Å². The van der Waals surface area contributed by atoms with E-state index in [-0.39, 0.29) is 12.5 Å². The number of carbonyl (C=O) groups is 1. The monoisotopic (exact) mass is 273 g/mol. The molecule has 0 unspecified atom stereocenters. The van der Waals surface area contributed by atoms with Crippen LogP contribution in [0.3, 0.4) is 0 Å². The third kappa shape index (κ3) is 2.94. The number of hydrogen-bond acceptors (Lipinski definition) is 3. The predicted molar refractivity (Wildman–Crippen MR) is 60.9 cm³/mol. The highest BCUT2D eigenvalue weighted by Gasteiger charge is 2.08. The van der Waals surface area contributed by atoms with E-state index in [9.17, 15) is 4.79 Å². The van der Waals surface area contributed by atoms with Gasteiger partial charge in [-0.05, 0) is 22.0 Å². The number of benzene rings is 1. The average Bonchev–Trinajstić information content (AvgIpc) is 2.19. The number of ether oxygens (including phenoxy) is 1. The molecule has 0 aromatic heterocycles. The molecule has 5 heteroatoms. The molecule has 1 rings (SSSR count). The molecule has 0 aliphatic carbocycles. The maximum atomic E-state index is 10.9. The van der Waals surface area contributed by atoms with Crippen molar-refractivity contribution < 1.29 is 14.6 Å². The number of rotatable bonds is 3. The van der Waals surface area contributed by atoms with Gasteiger partial charge in [0.1, 0.15) is 5.75 Å². The molecular weight excluding hydrogens is 262 g/mol.